The normalized spacial score (nSPS) is 25.3. The molecule has 1 fully saturated rings. The van der Waals surface area contributed by atoms with Gasteiger partial charge in [0, 0.05) is 12.1 Å². The van der Waals surface area contributed by atoms with Crippen LogP contribution in [0.25, 0.3) is 0 Å². The second kappa shape index (κ2) is 4.42. The first-order chi connectivity index (χ1) is 7.25. The molecule has 2 rings (SSSR count). The van der Waals surface area contributed by atoms with Gasteiger partial charge in [-0.05, 0) is 12.0 Å². The minimum Gasteiger partial charge on any atom is -0.481 e. The zero-order valence-electron chi connectivity index (χ0n) is 8.31. The number of benzene rings is 1. The van der Waals surface area contributed by atoms with Gasteiger partial charge in [0.2, 0.25) is 0 Å². The van der Waals surface area contributed by atoms with Crippen molar-refractivity contribution in [1.82, 2.24) is 10.9 Å². The summed E-state index contributed by atoms with van der Waals surface area (Å²) in [6.07, 6.45) is 0.979. The predicted molar refractivity (Wildman–Crippen MR) is 56.1 cm³/mol. The lowest BCUT2D eigenvalue weighted by Crippen LogP contribution is -2.32. The predicted octanol–water partition coefficient (Wildman–Crippen LogP) is 1.07. The van der Waals surface area contributed by atoms with E-state index in [4.69, 9.17) is 5.11 Å². The monoisotopic (exact) mass is 206 g/mol. The Morgan fingerprint density at radius 3 is 2.73 bits per heavy atom. The second-order valence-electron chi connectivity index (χ2n) is 3.78. The van der Waals surface area contributed by atoms with Crippen molar-refractivity contribution >= 4 is 5.97 Å². The Kier molecular flexibility index (Phi) is 2.99. The molecule has 0 aromatic heterocycles. The quantitative estimate of drug-likeness (QED) is 0.692. The summed E-state index contributed by atoms with van der Waals surface area (Å²) in [6.45, 7) is 0. The van der Waals surface area contributed by atoms with Gasteiger partial charge >= 0.3 is 5.97 Å². The molecule has 1 heterocycles. The van der Waals surface area contributed by atoms with Crippen molar-refractivity contribution < 1.29 is 9.90 Å². The zero-order valence-corrected chi connectivity index (χ0v) is 8.31. The Morgan fingerprint density at radius 1 is 1.33 bits per heavy atom. The highest BCUT2D eigenvalue weighted by Gasteiger charge is 2.26. The molecule has 4 heteroatoms. The van der Waals surface area contributed by atoms with E-state index >= 15 is 0 Å². The van der Waals surface area contributed by atoms with Crippen molar-refractivity contribution in [3.8, 4) is 0 Å². The minimum absolute atomic E-state index is 0.0210. The molecule has 4 nitrogen and oxygen atoms in total. The van der Waals surface area contributed by atoms with Crippen molar-refractivity contribution in [3.63, 3.8) is 0 Å². The van der Waals surface area contributed by atoms with E-state index in [1.807, 2.05) is 30.3 Å². The van der Waals surface area contributed by atoms with Crippen LogP contribution in [0.1, 0.15) is 24.4 Å². The number of carbonyl (C=O) groups is 1. The van der Waals surface area contributed by atoms with Gasteiger partial charge in [-0.2, -0.15) is 0 Å². The number of hydrogen-bond donors (Lipinski definition) is 3. The van der Waals surface area contributed by atoms with E-state index in [0.29, 0.717) is 0 Å². The van der Waals surface area contributed by atoms with E-state index in [1.165, 1.54) is 5.56 Å². The van der Waals surface area contributed by atoms with Gasteiger partial charge in [0.05, 0.1) is 6.42 Å². The van der Waals surface area contributed by atoms with Crippen LogP contribution in [0.2, 0.25) is 0 Å². The Labute approximate surface area is 88.3 Å². The maximum Gasteiger partial charge on any atom is 0.304 e. The number of rotatable bonds is 3. The summed E-state index contributed by atoms with van der Waals surface area (Å²) in [5.74, 6) is -0.761. The first-order valence-electron chi connectivity index (χ1n) is 5.03. The van der Waals surface area contributed by atoms with Crippen molar-refractivity contribution in [2.24, 2.45) is 0 Å². The van der Waals surface area contributed by atoms with Gasteiger partial charge < -0.3 is 5.11 Å². The zero-order chi connectivity index (χ0) is 10.7. The lowest BCUT2D eigenvalue weighted by Gasteiger charge is -2.08. The second-order valence-corrected chi connectivity index (χ2v) is 3.78. The molecule has 0 saturated carbocycles. The maximum atomic E-state index is 10.5. The van der Waals surface area contributed by atoms with Gasteiger partial charge in [-0.1, -0.05) is 30.3 Å². The summed E-state index contributed by atoms with van der Waals surface area (Å²) in [6, 6.07) is 10.3. The van der Waals surface area contributed by atoms with Crippen LogP contribution in [-0.2, 0) is 4.79 Å². The first kappa shape index (κ1) is 10.1. The third-order valence-corrected chi connectivity index (χ3v) is 2.60. The molecule has 0 radical (unpaired) electrons. The third-order valence-electron chi connectivity index (χ3n) is 2.60. The van der Waals surface area contributed by atoms with E-state index in [2.05, 4.69) is 10.9 Å². The molecule has 1 aromatic carbocycles. The standard InChI is InChI=1S/C11H14N2O2/c14-11(15)7-9-6-10(13-12-9)8-4-2-1-3-5-8/h1-5,9-10,12-13H,6-7H2,(H,14,15). The van der Waals surface area contributed by atoms with Crippen LogP contribution in [-0.4, -0.2) is 17.1 Å². The molecule has 15 heavy (non-hydrogen) atoms. The third kappa shape index (κ3) is 2.55. The van der Waals surface area contributed by atoms with Gasteiger partial charge in [0.25, 0.3) is 0 Å². The minimum atomic E-state index is -0.761. The number of carboxylic acid groups (broad SMARTS) is 1. The average molecular weight is 206 g/mol. The maximum absolute atomic E-state index is 10.5. The molecule has 0 aliphatic carbocycles. The molecule has 2 unspecified atom stereocenters. The van der Waals surface area contributed by atoms with E-state index in [9.17, 15) is 4.79 Å². The molecule has 1 saturated heterocycles. The fourth-order valence-electron chi connectivity index (χ4n) is 1.87. The number of hydrazine groups is 1. The molecule has 80 valence electrons. The van der Waals surface area contributed by atoms with E-state index < -0.39 is 5.97 Å². The molecule has 1 aliphatic heterocycles. The van der Waals surface area contributed by atoms with Crippen LogP contribution in [0.3, 0.4) is 0 Å². The van der Waals surface area contributed by atoms with Gasteiger partial charge in [-0.25, -0.2) is 0 Å². The summed E-state index contributed by atoms with van der Waals surface area (Å²) in [4.78, 5) is 10.5. The van der Waals surface area contributed by atoms with Gasteiger partial charge in [0.1, 0.15) is 0 Å². The number of aliphatic carboxylic acids is 1. The van der Waals surface area contributed by atoms with Crippen LogP contribution in [0.15, 0.2) is 30.3 Å². The highest BCUT2D eigenvalue weighted by atomic mass is 16.4. The lowest BCUT2D eigenvalue weighted by atomic mass is 10.0. The van der Waals surface area contributed by atoms with Gasteiger partial charge in [-0.15, -0.1) is 0 Å². The summed E-state index contributed by atoms with van der Waals surface area (Å²) < 4.78 is 0. The topological polar surface area (TPSA) is 61.4 Å². The average Bonchev–Trinajstić information content (AvgIpc) is 2.67. The highest BCUT2D eigenvalue weighted by molar-refractivity contribution is 5.67. The van der Waals surface area contributed by atoms with Crippen LogP contribution >= 0.6 is 0 Å². The summed E-state index contributed by atoms with van der Waals surface area (Å²) in [5, 5.41) is 8.66. The molecule has 1 aliphatic rings. The van der Waals surface area contributed by atoms with E-state index in [1.54, 1.807) is 0 Å². The van der Waals surface area contributed by atoms with E-state index in [0.717, 1.165) is 6.42 Å². The summed E-state index contributed by atoms with van der Waals surface area (Å²) in [5.41, 5.74) is 7.31. The number of hydrogen-bond acceptors (Lipinski definition) is 3. The molecule has 0 spiro atoms. The van der Waals surface area contributed by atoms with Crippen molar-refractivity contribution in [2.75, 3.05) is 0 Å². The van der Waals surface area contributed by atoms with Crippen LogP contribution in [0.5, 0.6) is 0 Å². The highest BCUT2D eigenvalue weighted by Crippen LogP contribution is 2.22. The van der Waals surface area contributed by atoms with Crippen molar-refractivity contribution in [1.29, 1.82) is 0 Å². The Morgan fingerprint density at radius 2 is 2.07 bits per heavy atom. The van der Waals surface area contributed by atoms with E-state index in [-0.39, 0.29) is 18.5 Å². The molecule has 3 N–H and O–H groups in total. The smallest absolute Gasteiger partial charge is 0.304 e. The molecular weight excluding hydrogens is 192 g/mol. The Bertz CT molecular complexity index is 340. The largest absolute Gasteiger partial charge is 0.481 e. The van der Waals surface area contributed by atoms with Crippen LogP contribution in [0, 0.1) is 0 Å². The number of nitrogens with one attached hydrogen (secondary N) is 2. The van der Waals surface area contributed by atoms with Gasteiger partial charge in [0.15, 0.2) is 0 Å². The summed E-state index contributed by atoms with van der Waals surface area (Å²) in [7, 11) is 0. The molecule has 2 atom stereocenters. The fraction of sp³-hybridized carbons (Fsp3) is 0.364. The van der Waals surface area contributed by atoms with Crippen LogP contribution in [0.4, 0.5) is 0 Å². The lowest BCUT2D eigenvalue weighted by molar-refractivity contribution is -0.137. The fourth-order valence-corrected chi connectivity index (χ4v) is 1.87. The van der Waals surface area contributed by atoms with Crippen molar-refractivity contribution in [3.05, 3.63) is 35.9 Å². The van der Waals surface area contributed by atoms with Crippen molar-refractivity contribution in [2.45, 2.75) is 24.9 Å². The number of carboxylic acids is 1. The Balaban J connectivity index is 1.96. The molecular formula is C11H14N2O2. The Hall–Kier alpha value is -1.39. The first-order valence-corrected chi connectivity index (χ1v) is 5.03. The summed E-state index contributed by atoms with van der Waals surface area (Å²) >= 11 is 0. The SMILES string of the molecule is O=C(O)CC1CC(c2ccccc2)NN1. The van der Waals surface area contributed by atoms with Gasteiger partial charge in [-0.3, -0.25) is 15.6 Å². The molecule has 0 bridgehead atoms. The van der Waals surface area contributed by atoms with Crippen LogP contribution < -0.4 is 10.9 Å². The molecule has 1 aromatic rings. The molecule has 0 amide bonds.